The van der Waals surface area contributed by atoms with Crippen molar-refractivity contribution in [2.45, 2.75) is 25.6 Å². The van der Waals surface area contributed by atoms with Gasteiger partial charge < -0.3 is 14.7 Å². The highest BCUT2D eigenvalue weighted by atomic mass is 16.5. The Hall–Kier alpha value is -1.13. The summed E-state index contributed by atoms with van der Waals surface area (Å²) in [5.41, 5.74) is 1.90. The lowest BCUT2D eigenvalue weighted by Gasteiger charge is -2.24. The Morgan fingerprint density at radius 1 is 1.62 bits per heavy atom. The lowest BCUT2D eigenvalue weighted by Crippen LogP contribution is -2.29. The molecule has 0 aliphatic carbocycles. The second kappa shape index (κ2) is 5.27. The van der Waals surface area contributed by atoms with Gasteiger partial charge >= 0.3 is 0 Å². The van der Waals surface area contributed by atoms with Gasteiger partial charge in [-0.05, 0) is 18.9 Å². The van der Waals surface area contributed by atoms with Crippen LogP contribution in [0.3, 0.4) is 0 Å². The summed E-state index contributed by atoms with van der Waals surface area (Å²) in [5, 5.41) is 9.23. The summed E-state index contributed by atoms with van der Waals surface area (Å²) in [7, 11) is 2.02. The summed E-state index contributed by atoms with van der Waals surface area (Å²) >= 11 is 0. The van der Waals surface area contributed by atoms with E-state index in [2.05, 4.69) is 9.88 Å². The van der Waals surface area contributed by atoms with Crippen molar-refractivity contribution in [2.24, 2.45) is 0 Å². The number of pyridine rings is 1. The number of hydrogen-bond acceptors (Lipinski definition) is 4. The lowest BCUT2D eigenvalue weighted by atomic mass is 10.2. The number of likely N-dealkylation sites (N-methyl/N-ethyl adjacent to an activating group) is 1. The van der Waals surface area contributed by atoms with Gasteiger partial charge in [0.15, 0.2) is 0 Å². The van der Waals surface area contributed by atoms with Crippen LogP contribution in [-0.4, -0.2) is 36.4 Å². The topological polar surface area (TPSA) is 45.6 Å². The summed E-state index contributed by atoms with van der Waals surface area (Å²) < 4.78 is 5.60. The number of aliphatic hydroxyl groups excluding tert-OH is 1. The van der Waals surface area contributed by atoms with Crippen LogP contribution >= 0.6 is 0 Å². The highest BCUT2D eigenvalue weighted by molar-refractivity contribution is 5.51. The highest BCUT2D eigenvalue weighted by Crippen LogP contribution is 2.20. The molecule has 1 aliphatic heterocycles. The van der Waals surface area contributed by atoms with E-state index in [9.17, 15) is 5.11 Å². The van der Waals surface area contributed by atoms with Crippen molar-refractivity contribution in [1.29, 1.82) is 0 Å². The molecular formula is C12H18N2O2. The van der Waals surface area contributed by atoms with E-state index in [1.165, 1.54) is 0 Å². The molecule has 1 aromatic heterocycles. The van der Waals surface area contributed by atoms with Crippen LogP contribution in [0.25, 0.3) is 0 Å². The van der Waals surface area contributed by atoms with Crippen LogP contribution in [0.15, 0.2) is 18.5 Å². The van der Waals surface area contributed by atoms with Crippen LogP contribution in [-0.2, 0) is 11.3 Å². The quantitative estimate of drug-likeness (QED) is 0.831. The fraction of sp³-hybridized carbons (Fsp3) is 0.583. The van der Waals surface area contributed by atoms with Crippen molar-refractivity contribution in [3.63, 3.8) is 0 Å². The minimum Gasteiger partial charge on any atom is -0.392 e. The van der Waals surface area contributed by atoms with Gasteiger partial charge in [0, 0.05) is 43.8 Å². The molecule has 2 rings (SSSR count). The van der Waals surface area contributed by atoms with Crippen LogP contribution in [0, 0.1) is 0 Å². The molecule has 1 N–H and O–H groups in total. The largest absolute Gasteiger partial charge is 0.392 e. The molecule has 16 heavy (non-hydrogen) atoms. The van der Waals surface area contributed by atoms with Gasteiger partial charge in [0.1, 0.15) is 0 Å². The fourth-order valence-corrected chi connectivity index (χ4v) is 2.11. The van der Waals surface area contributed by atoms with Gasteiger partial charge in [0.25, 0.3) is 0 Å². The average Bonchev–Trinajstić information content (AvgIpc) is 2.81. The fourth-order valence-electron chi connectivity index (χ4n) is 2.11. The number of aliphatic hydroxyl groups is 1. The third-order valence-corrected chi connectivity index (χ3v) is 2.96. The molecule has 1 unspecified atom stereocenters. The number of aromatic nitrogens is 1. The van der Waals surface area contributed by atoms with E-state index in [1.807, 2.05) is 13.1 Å². The molecule has 0 amide bonds. The maximum atomic E-state index is 9.23. The Balaban J connectivity index is 2.04. The molecule has 1 aliphatic rings. The number of rotatable bonds is 4. The van der Waals surface area contributed by atoms with E-state index >= 15 is 0 Å². The molecule has 0 bridgehead atoms. The first kappa shape index (κ1) is 11.4. The maximum absolute atomic E-state index is 9.23. The summed E-state index contributed by atoms with van der Waals surface area (Å²) in [6.45, 7) is 1.78. The molecule has 88 valence electrons. The van der Waals surface area contributed by atoms with Crippen molar-refractivity contribution >= 4 is 5.69 Å². The van der Waals surface area contributed by atoms with Crippen LogP contribution in [0.1, 0.15) is 18.4 Å². The van der Waals surface area contributed by atoms with Crippen LogP contribution < -0.4 is 4.90 Å². The molecule has 4 nitrogen and oxygen atoms in total. The maximum Gasteiger partial charge on any atom is 0.0750 e. The average molecular weight is 222 g/mol. The van der Waals surface area contributed by atoms with Crippen LogP contribution in [0.2, 0.25) is 0 Å². The smallest absolute Gasteiger partial charge is 0.0750 e. The first-order chi connectivity index (χ1) is 7.81. The van der Waals surface area contributed by atoms with Gasteiger partial charge in [-0.2, -0.15) is 0 Å². The molecular weight excluding hydrogens is 204 g/mol. The Morgan fingerprint density at radius 2 is 2.50 bits per heavy atom. The number of ether oxygens (including phenoxy) is 1. The lowest BCUT2D eigenvalue weighted by molar-refractivity contribution is 0.116. The predicted molar refractivity (Wildman–Crippen MR) is 62.4 cm³/mol. The molecule has 1 saturated heterocycles. The zero-order chi connectivity index (χ0) is 11.4. The van der Waals surface area contributed by atoms with E-state index in [4.69, 9.17) is 4.74 Å². The van der Waals surface area contributed by atoms with Gasteiger partial charge in [-0.25, -0.2) is 0 Å². The standard InChI is InChI=1S/C12H18N2O2/c1-14(8-11-3-2-6-16-11)12-4-5-13-7-10(12)9-15/h4-5,7,11,15H,2-3,6,8-9H2,1H3. The zero-order valence-electron chi connectivity index (χ0n) is 9.59. The number of anilines is 1. The van der Waals surface area contributed by atoms with E-state index < -0.39 is 0 Å². The Bertz CT molecular complexity index is 338. The number of hydrogen-bond donors (Lipinski definition) is 1. The van der Waals surface area contributed by atoms with Crippen molar-refractivity contribution in [3.05, 3.63) is 24.0 Å². The van der Waals surface area contributed by atoms with Crippen molar-refractivity contribution in [2.75, 3.05) is 25.1 Å². The first-order valence-electron chi connectivity index (χ1n) is 5.67. The van der Waals surface area contributed by atoms with Gasteiger partial charge in [-0.15, -0.1) is 0 Å². The highest BCUT2D eigenvalue weighted by Gasteiger charge is 2.18. The normalized spacial score (nSPS) is 20.0. The molecule has 0 spiro atoms. The van der Waals surface area contributed by atoms with Crippen molar-refractivity contribution in [1.82, 2.24) is 4.98 Å². The second-order valence-electron chi connectivity index (χ2n) is 4.18. The third-order valence-electron chi connectivity index (χ3n) is 2.96. The van der Waals surface area contributed by atoms with E-state index in [-0.39, 0.29) is 6.61 Å². The molecule has 4 heteroatoms. The van der Waals surface area contributed by atoms with Crippen molar-refractivity contribution in [3.8, 4) is 0 Å². The molecule has 1 fully saturated rings. The Labute approximate surface area is 95.9 Å². The summed E-state index contributed by atoms with van der Waals surface area (Å²) in [5.74, 6) is 0. The summed E-state index contributed by atoms with van der Waals surface area (Å²) in [6, 6.07) is 1.93. The van der Waals surface area contributed by atoms with E-state index in [0.29, 0.717) is 6.10 Å². The van der Waals surface area contributed by atoms with Crippen molar-refractivity contribution < 1.29 is 9.84 Å². The third kappa shape index (κ3) is 2.51. The number of nitrogens with zero attached hydrogens (tertiary/aromatic N) is 2. The molecule has 0 saturated carbocycles. The Kier molecular flexibility index (Phi) is 3.74. The first-order valence-corrected chi connectivity index (χ1v) is 5.67. The molecule has 1 aromatic rings. The van der Waals surface area contributed by atoms with Gasteiger partial charge in [0.2, 0.25) is 0 Å². The van der Waals surface area contributed by atoms with Gasteiger partial charge in [0.05, 0.1) is 12.7 Å². The SMILES string of the molecule is CN(CC1CCCO1)c1ccncc1CO. The second-order valence-corrected chi connectivity index (χ2v) is 4.18. The minimum atomic E-state index is 0.0268. The molecule has 0 radical (unpaired) electrons. The Morgan fingerprint density at radius 3 is 3.19 bits per heavy atom. The van der Waals surface area contributed by atoms with Gasteiger partial charge in [-0.1, -0.05) is 0 Å². The van der Waals surface area contributed by atoms with E-state index in [0.717, 1.165) is 37.2 Å². The molecule has 0 aromatic carbocycles. The van der Waals surface area contributed by atoms with Gasteiger partial charge in [-0.3, -0.25) is 4.98 Å². The minimum absolute atomic E-state index is 0.0268. The van der Waals surface area contributed by atoms with E-state index in [1.54, 1.807) is 12.4 Å². The summed E-state index contributed by atoms with van der Waals surface area (Å²) in [6.07, 6.45) is 6.07. The summed E-state index contributed by atoms with van der Waals surface area (Å²) in [4.78, 5) is 6.14. The monoisotopic (exact) mass is 222 g/mol. The predicted octanol–water partition coefficient (Wildman–Crippen LogP) is 1.19. The zero-order valence-corrected chi connectivity index (χ0v) is 9.59. The molecule has 1 atom stereocenters. The van der Waals surface area contributed by atoms with Crippen LogP contribution in [0.5, 0.6) is 0 Å². The van der Waals surface area contributed by atoms with Crippen LogP contribution in [0.4, 0.5) is 5.69 Å². The molecule has 2 heterocycles.